The molecule has 1 rings (SSSR count). The van der Waals surface area contributed by atoms with Gasteiger partial charge < -0.3 is 0 Å². The first-order chi connectivity index (χ1) is 4.84. The molecule has 0 saturated carbocycles. The number of aromatic nitrogens is 1. The summed E-state index contributed by atoms with van der Waals surface area (Å²) in [6.45, 7) is 0. The van der Waals surface area contributed by atoms with Crippen molar-refractivity contribution in [2.45, 2.75) is 0 Å². The molecule has 0 unspecified atom stereocenters. The molecule has 0 aliphatic heterocycles. The summed E-state index contributed by atoms with van der Waals surface area (Å²) in [6, 6.07) is 5.02. The van der Waals surface area contributed by atoms with Gasteiger partial charge in [0, 0.05) is 18.0 Å². The van der Waals surface area contributed by atoms with Crippen LogP contribution in [-0.4, -0.2) is 10.9 Å². The van der Waals surface area contributed by atoms with Crippen molar-refractivity contribution in [2.24, 2.45) is 0 Å². The molecular weight excluding hydrogens is 152 g/mol. The second-order valence-electron chi connectivity index (χ2n) is 1.64. The zero-order valence-corrected chi connectivity index (χ0v) is 5.80. The highest BCUT2D eigenvalue weighted by atomic mass is 35.5. The number of hydrogen-bond donors (Lipinski definition) is 1. The number of nitrogens with zero attached hydrogens (tertiary/aromatic N) is 1. The van der Waals surface area contributed by atoms with Crippen molar-refractivity contribution in [1.29, 1.82) is 0 Å². The Balaban J connectivity index is 2.85. The molecule has 10 heavy (non-hydrogen) atoms. The highest BCUT2D eigenvalue weighted by Gasteiger charge is 2.01. The lowest BCUT2D eigenvalue weighted by atomic mass is 10.3. The van der Waals surface area contributed by atoms with Gasteiger partial charge in [0.2, 0.25) is 0 Å². The Morgan fingerprint density at radius 1 is 1.60 bits per heavy atom. The monoisotopic (exact) mass is 156 g/mol. The van der Waals surface area contributed by atoms with Gasteiger partial charge in [0.05, 0.1) is 0 Å². The van der Waals surface area contributed by atoms with Crippen LogP contribution in [-0.2, 0) is 0 Å². The number of amides is 1. The molecule has 0 bridgehead atoms. The van der Waals surface area contributed by atoms with Gasteiger partial charge in [-0.1, -0.05) is 6.07 Å². The summed E-state index contributed by atoms with van der Waals surface area (Å²) in [6.07, 6.45) is 1.53. The van der Waals surface area contributed by atoms with E-state index in [9.17, 15) is 4.79 Å². The van der Waals surface area contributed by atoms with Crippen molar-refractivity contribution in [3.8, 4) is 0 Å². The molecule has 1 aromatic heterocycles. The fourth-order valence-electron chi connectivity index (χ4n) is 0.545. The number of carbonyl (C=O) groups excluding carboxylic acids is 1. The van der Waals surface area contributed by atoms with E-state index in [1.54, 1.807) is 18.2 Å². The van der Waals surface area contributed by atoms with Gasteiger partial charge in [-0.25, -0.2) is 0 Å². The maximum atomic E-state index is 10.7. The van der Waals surface area contributed by atoms with Crippen molar-refractivity contribution >= 4 is 17.7 Å². The SMILES string of the molecule is O=C(NCl)c1ccccn1. The standard InChI is InChI=1S/C6H5ClN2O/c7-9-6(10)5-3-1-2-4-8-5/h1-4H,(H,9,10). The van der Waals surface area contributed by atoms with Crippen LogP contribution in [0.4, 0.5) is 0 Å². The number of rotatable bonds is 1. The van der Waals surface area contributed by atoms with Gasteiger partial charge in [0.15, 0.2) is 0 Å². The van der Waals surface area contributed by atoms with E-state index in [0.29, 0.717) is 5.69 Å². The lowest BCUT2D eigenvalue weighted by molar-refractivity contribution is 0.0977. The van der Waals surface area contributed by atoms with Crippen LogP contribution in [0, 0.1) is 0 Å². The van der Waals surface area contributed by atoms with Crippen LogP contribution >= 0.6 is 11.8 Å². The van der Waals surface area contributed by atoms with Gasteiger partial charge in [0.25, 0.3) is 5.91 Å². The summed E-state index contributed by atoms with van der Waals surface area (Å²) in [5.74, 6) is -0.387. The van der Waals surface area contributed by atoms with Crippen LogP contribution in [0.5, 0.6) is 0 Å². The van der Waals surface area contributed by atoms with Crippen LogP contribution in [0.2, 0.25) is 0 Å². The Hall–Kier alpha value is -1.09. The molecule has 52 valence electrons. The molecule has 0 saturated heterocycles. The van der Waals surface area contributed by atoms with Crippen LogP contribution in [0.1, 0.15) is 10.5 Å². The third-order valence-corrected chi connectivity index (χ3v) is 1.15. The zero-order chi connectivity index (χ0) is 7.40. The van der Waals surface area contributed by atoms with Gasteiger partial charge in [-0.15, -0.1) is 0 Å². The summed E-state index contributed by atoms with van der Waals surface area (Å²) >= 11 is 5.05. The molecule has 1 aromatic rings. The van der Waals surface area contributed by atoms with Crippen molar-refractivity contribution in [3.05, 3.63) is 30.1 Å². The Morgan fingerprint density at radius 2 is 2.40 bits per heavy atom. The number of halogens is 1. The van der Waals surface area contributed by atoms with Crippen LogP contribution in [0.3, 0.4) is 0 Å². The molecular formula is C6H5ClN2O. The Bertz CT molecular complexity index is 224. The molecule has 1 amide bonds. The van der Waals surface area contributed by atoms with Gasteiger partial charge in [-0.05, 0) is 12.1 Å². The van der Waals surface area contributed by atoms with E-state index in [2.05, 4.69) is 4.98 Å². The van der Waals surface area contributed by atoms with E-state index >= 15 is 0 Å². The highest BCUT2D eigenvalue weighted by molar-refractivity contribution is 6.23. The highest BCUT2D eigenvalue weighted by Crippen LogP contribution is 1.92. The van der Waals surface area contributed by atoms with Crippen LogP contribution < -0.4 is 4.84 Å². The predicted molar refractivity (Wildman–Crippen MR) is 37.6 cm³/mol. The lowest BCUT2D eigenvalue weighted by Gasteiger charge is -1.92. The molecule has 1 heterocycles. The minimum absolute atomic E-state index is 0.317. The number of nitrogens with one attached hydrogen (secondary N) is 1. The first-order valence-corrected chi connectivity index (χ1v) is 3.04. The molecule has 0 spiro atoms. The number of pyridine rings is 1. The molecule has 0 atom stereocenters. The fraction of sp³-hybridized carbons (Fsp3) is 0. The second kappa shape index (κ2) is 3.17. The van der Waals surface area contributed by atoms with Crippen molar-refractivity contribution in [3.63, 3.8) is 0 Å². The summed E-state index contributed by atoms with van der Waals surface area (Å²) in [4.78, 5) is 16.4. The smallest absolute Gasteiger partial charge is 0.266 e. The summed E-state index contributed by atoms with van der Waals surface area (Å²) < 4.78 is 0. The molecule has 0 aliphatic rings. The zero-order valence-electron chi connectivity index (χ0n) is 5.04. The van der Waals surface area contributed by atoms with Gasteiger partial charge in [0.1, 0.15) is 5.69 Å². The first-order valence-electron chi connectivity index (χ1n) is 2.66. The van der Waals surface area contributed by atoms with Gasteiger partial charge in [-0.2, -0.15) is 0 Å². The maximum absolute atomic E-state index is 10.7. The summed E-state index contributed by atoms with van der Waals surface area (Å²) in [5.41, 5.74) is 0.317. The first kappa shape index (κ1) is 7.02. The van der Waals surface area contributed by atoms with E-state index < -0.39 is 0 Å². The molecule has 0 fully saturated rings. The minimum atomic E-state index is -0.387. The minimum Gasteiger partial charge on any atom is -0.266 e. The Morgan fingerprint density at radius 3 is 2.90 bits per heavy atom. The number of hydrogen-bond acceptors (Lipinski definition) is 2. The molecule has 0 aliphatic carbocycles. The lowest BCUT2D eigenvalue weighted by Crippen LogP contribution is -2.13. The van der Waals surface area contributed by atoms with E-state index in [0.717, 1.165) is 0 Å². The van der Waals surface area contributed by atoms with Crippen molar-refractivity contribution in [2.75, 3.05) is 0 Å². The van der Waals surface area contributed by atoms with Crippen molar-refractivity contribution < 1.29 is 4.79 Å². The third-order valence-electron chi connectivity index (χ3n) is 0.983. The Kier molecular flexibility index (Phi) is 2.23. The maximum Gasteiger partial charge on any atom is 0.284 e. The fourth-order valence-corrected chi connectivity index (χ4v) is 0.642. The number of carbonyl (C=O) groups is 1. The predicted octanol–water partition coefficient (Wildman–Crippen LogP) is 0.965. The van der Waals surface area contributed by atoms with Gasteiger partial charge in [-0.3, -0.25) is 14.6 Å². The molecule has 4 heteroatoms. The van der Waals surface area contributed by atoms with Crippen LogP contribution in [0.25, 0.3) is 0 Å². The summed E-state index contributed by atoms with van der Waals surface area (Å²) in [7, 11) is 0. The second-order valence-corrected chi connectivity index (χ2v) is 1.83. The normalized spacial score (nSPS) is 8.90. The third kappa shape index (κ3) is 1.45. The van der Waals surface area contributed by atoms with Crippen LogP contribution in [0.15, 0.2) is 24.4 Å². The van der Waals surface area contributed by atoms with E-state index in [1.807, 2.05) is 4.84 Å². The van der Waals surface area contributed by atoms with Crippen molar-refractivity contribution in [1.82, 2.24) is 9.82 Å². The quantitative estimate of drug-likeness (QED) is 0.616. The average Bonchev–Trinajstić information content (AvgIpc) is 2.05. The van der Waals surface area contributed by atoms with Gasteiger partial charge >= 0.3 is 0 Å². The average molecular weight is 157 g/mol. The molecule has 0 radical (unpaired) electrons. The van der Waals surface area contributed by atoms with E-state index in [1.165, 1.54) is 6.20 Å². The molecule has 3 nitrogen and oxygen atoms in total. The van der Waals surface area contributed by atoms with E-state index in [4.69, 9.17) is 11.8 Å². The Labute approximate surface area is 63.1 Å². The summed E-state index contributed by atoms with van der Waals surface area (Å²) in [5, 5.41) is 0. The largest absolute Gasteiger partial charge is 0.284 e. The molecule has 1 N–H and O–H groups in total. The van der Waals surface area contributed by atoms with E-state index in [-0.39, 0.29) is 5.91 Å². The molecule has 0 aromatic carbocycles. The topological polar surface area (TPSA) is 42.0 Å².